The molecule has 6 nitrogen and oxygen atoms in total. The molecule has 0 heterocycles. The molecular weight excluding hydrogens is 320 g/mol. The van der Waals surface area contributed by atoms with Crippen molar-refractivity contribution in [2.24, 2.45) is 0 Å². The maximum Gasteiger partial charge on any atom is 0.411 e. The zero-order valence-corrected chi connectivity index (χ0v) is 14.4. The number of nitrogens with one attached hydrogen (secondary N) is 1. The highest BCUT2D eigenvalue weighted by atomic mass is 16.5. The summed E-state index contributed by atoms with van der Waals surface area (Å²) in [5, 5.41) is 11.9. The van der Waals surface area contributed by atoms with Crippen LogP contribution >= 0.6 is 0 Å². The Morgan fingerprint density at radius 3 is 2.36 bits per heavy atom. The van der Waals surface area contributed by atoms with E-state index in [4.69, 9.17) is 4.74 Å². The zero-order chi connectivity index (χ0) is 18.2. The molecule has 2 N–H and O–H groups in total. The van der Waals surface area contributed by atoms with Crippen LogP contribution in [0.3, 0.4) is 0 Å². The number of ether oxygens (including phenoxy) is 1. The normalized spacial score (nSPS) is 10.2. The molecule has 0 saturated heterocycles. The molecule has 0 radical (unpaired) electrons. The number of amides is 1. The van der Waals surface area contributed by atoms with Gasteiger partial charge in [0.1, 0.15) is 6.61 Å². The van der Waals surface area contributed by atoms with Gasteiger partial charge in [0.25, 0.3) is 0 Å². The van der Waals surface area contributed by atoms with E-state index >= 15 is 0 Å². The molecule has 0 aliphatic rings. The molecule has 0 bridgehead atoms. The monoisotopic (exact) mass is 342 g/mol. The molecular formula is C19H22N2O4. The van der Waals surface area contributed by atoms with Gasteiger partial charge in [-0.25, -0.2) is 9.59 Å². The van der Waals surface area contributed by atoms with Gasteiger partial charge in [0.05, 0.1) is 11.3 Å². The van der Waals surface area contributed by atoms with Gasteiger partial charge in [-0.15, -0.1) is 0 Å². The van der Waals surface area contributed by atoms with Crippen LogP contribution in [-0.4, -0.2) is 30.3 Å². The van der Waals surface area contributed by atoms with Crippen LogP contribution in [0.2, 0.25) is 0 Å². The van der Waals surface area contributed by atoms with Crippen LogP contribution < -0.4 is 10.2 Å². The minimum absolute atomic E-state index is 0.0288. The van der Waals surface area contributed by atoms with Crippen LogP contribution in [0.25, 0.3) is 0 Å². The van der Waals surface area contributed by atoms with Gasteiger partial charge < -0.3 is 14.7 Å². The van der Waals surface area contributed by atoms with Crippen molar-refractivity contribution < 1.29 is 19.4 Å². The Bertz CT molecular complexity index is 727. The molecule has 0 unspecified atom stereocenters. The lowest BCUT2D eigenvalue weighted by Gasteiger charge is -2.22. The number of hydrogen-bond donors (Lipinski definition) is 2. The van der Waals surface area contributed by atoms with E-state index in [0.717, 1.165) is 24.3 Å². The molecule has 0 spiro atoms. The van der Waals surface area contributed by atoms with Crippen LogP contribution in [0.4, 0.5) is 16.2 Å². The third-order valence-corrected chi connectivity index (χ3v) is 3.81. The predicted molar refractivity (Wildman–Crippen MR) is 97.2 cm³/mol. The van der Waals surface area contributed by atoms with Gasteiger partial charge in [-0.3, -0.25) is 5.32 Å². The molecule has 2 rings (SSSR count). The molecule has 0 fully saturated rings. The Balaban J connectivity index is 2.09. The number of carbonyl (C=O) groups excluding carboxylic acids is 1. The maximum absolute atomic E-state index is 12.0. The second-order valence-electron chi connectivity index (χ2n) is 5.39. The van der Waals surface area contributed by atoms with Gasteiger partial charge in [0.2, 0.25) is 0 Å². The number of nitrogens with zero attached hydrogens (tertiary/aromatic N) is 1. The van der Waals surface area contributed by atoms with Crippen molar-refractivity contribution >= 4 is 23.4 Å². The highest BCUT2D eigenvalue weighted by molar-refractivity contribution is 5.99. The lowest BCUT2D eigenvalue weighted by Crippen LogP contribution is -2.22. The number of carbonyl (C=O) groups is 2. The first-order chi connectivity index (χ1) is 12.0. The number of anilines is 2. The van der Waals surface area contributed by atoms with Crippen molar-refractivity contribution in [1.82, 2.24) is 0 Å². The first-order valence-electron chi connectivity index (χ1n) is 8.15. The van der Waals surface area contributed by atoms with Crippen molar-refractivity contribution in [2.75, 3.05) is 23.3 Å². The second kappa shape index (κ2) is 8.73. The number of carboxylic acid groups (broad SMARTS) is 1. The maximum atomic E-state index is 12.0. The Morgan fingerprint density at radius 1 is 1.08 bits per heavy atom. The molecule has 0 atom stereocenters. The summed E-state index contributed by atoms with van der Waals surface area (Å²) >= 11 is 0. The molecule has 0 aliphatic carbocycles. The Labute approximate surface area is 147 Å². The van der Waals surface area contributed by atoms with E-state index in [1.54, 1.807) is 18.2 Å². The lowest BCUT2D eigenvalue weighted by atomic mass is 10.1. The third kappa shape index (κ3) is 4.97. The van der Waals surface area contributed by atoms with E-state index in [1.165, 1.54) is 0 Å². The third-order valence-electron chi connectivity index (χ3n) is 3.81. The highest BCUT2D eigenvalue weighted by Gasteiger charge is 2.15. The van der Waals surface area contributed by atoms with Gasteiger partial charge in [-0.2, -0.15) is 0 Å². The van der Waals surface area contributed by atoms with E-state index in [1.807, 2.05) is 49.1 Å². The van der Waals surface area contributed by atoms with Crippen LogP contribution in [0.1, 0.15) is 29.8 Å². The average Bonchev–Trinajstić information content (AvgIpc) is 2.62. The number of hydrogen-bond acceptors (Lipinski definition) is 4. The van der Waals surface area contributed by atoms with Gasteiger partial charge in [-0.1, -0.05) is 30.3 Å². The lowest BCUT2D eigenvalue weighted by molar-refractivity contribution is 0.0698. The molecule has 0 aliphatic heterocycles. The van der Waals surface area contributed by atoms with Gasteiger partial charge in [0, 0.05) is 18.8 Å². The van der Waals surface area contributed by atoms with Crippen molar-refractivity contribution in [3.8, 4) is 0 Å². The fourth-order valence-corrected chi connectivity index (χ4v) is 2.47. The molecule has 2 aromatic carbocycles. The minimum atomic E-state index is -1.10. The summed E-state index contributed by atoms with van der Waals surface area (Å²) in [5.74, 6) is -1.10. The highest BCUT2D eigenvalue weighted by Crippen LogP contribution is 2.24. The fraction of sp³-hybridized carbons (Fsp3) is 0.263. The smallest absolute Gasteiger partial charge is 0.411 e. The molecule has 2 aromatic rings. The van der Waals surface area contributed by atoms with Crippen LogP contribution in [-0.2, 0) is 11.3 Å². The zero-order valence-electron chi connectivity index (χ0n) is 14.4. The molecule has 0 saturated carbocycles. The van der Waals surface area contributed by atoms with Crippen LogP contribution in [0, 0.1) is 0 Å². The summed E-state index contributed by atoms with van der Waals surface area (Å²) in [4.78, 5) is 25.5. The second-order valence-corrected chi connectivity index (χ2v) is 5.39. The number of carboxylic acids is 1. The van der Waals surface area contributed by atoms with E-state index in [-0.39, 0.29) is 17.9 Å². The predicted octanol–water partition coefficient (Wildman–Crippen LogP) is 3.98. The molecule has 0 aromatic heterocycles. The molecule has 132 valence electrons. The quantitative estimate of drug-likeness (QED) is 0.796. The van der Waals surface area contributed by atoms with Crippen LogP contribution in [0.5, 0.6) is 0 Å². The SMILES string of the molecule is CCN(CC)c1ccc(NC(=O)OCc2ccccc2)c(C(=O)O)c1. The fourth-order valence-electron chi connectivity index (χ4n) is 2.47. The number of benzene rings is 2. The van der Waals surface area contributed by atoms with Crippen molar-refractivity contribution in [3.63, 3.8) is 0 Å². The largest absolute Gasteiger partial charge is 0.478 e. The Kier molecular flexibility index (Phi) is 6.39. The first-order valence-corrected chi connectivity index (χ1v) is 8.15. The summed E-state index contributed by atoms with van der Waals surface area (Å²) in [6.07, 6.45) is -0.693. The van der Waals surface area contributed by atoms with E-state index in [2.05, 4.69) is 5.32 Å². The first kappa shape index (κ1) is 18.3. The van der Waals surface area contributed by atoms with Gasteiger partial charge >= 0.3 is 12.1 Å². The van der Waals surface area contributed by atoms with E-state index < -0.39 is 12.1 Å². The summed E-state index contributed by atoms with van der Waals surface area (Å²) in [6, 6.07) is 14.2. The summed E-state index contributed by atoms with van der Waals surface area (Å²) in [6.45, 7) is 5.64. The van der Waals surface area contributed by atoms with Gasteiger partial charge in [-0.05, 0) is 37.6 Å². The Hall–Kier alpha value is -3.02. The summed E-state index contributed by atoms with van der Waals surface area (Å²) in [5.41, 5.74) is 1.89. The van der Waals surface area contributed by atoms with Crippen molar-refractivity contribution in [2.45, 2.75) is 20.5 Å². The van der Waals surface area contributed by atoms with E-state index in [0.29, 0.717) is 0 Å². The number of rotatable bonds is 7. The minimum Gasteiger partial charge on any atom is -0.478 e. The van der Waals surface area contributed by atoms with Crippen molar-refractivity contribution in [3.05, 3.63) is 59.7 Å². The topological polar surface area (TPSA) is 78.9 Å². The summed E-state index contributed by atoms with van der Waals surface area (Å²) < 4.78 is 5.13. The molecule has 1 amide bonds. The average molecular weight is 342 g/mol. The Morgan fingerprint density at radius 2 is 1.76 bits per heavy atom. The molecule has 25 heavy (non-hydrogen) atoms. The number of aromatic carboxylic acids is 1. The van der Waals surface area contributed by atoms with E-state index in [9.17, 15) is 14.7 Å². The standard InChI is InChI=1S/C19H22N2O4/c1-3-21(4-2)15-10-11-17(16(12-15)18(22)23)20-19(24)25-13-14-8-6-5-7-9-14/h5-12H,3-4,13H2,1-2H3,(H,20,24)(H,22,23). The van der Waals surface area contributed by atoms with Gasteiger partial charge in [0.15, 0.2) is 0 Å². The molecule has 6 heteroatoms. The van der Waals surface area contributed by atoms with Crippen molar-refractivity contribution in [1.29, 1.82) is 0 Å². The van der Waals surface area contributed by atoms with Crippen LogP contribution in [0.15, 0.2) is 48.5 Å². The summed E-state index contributed by atoms with van der Waals surface area (Å²) in [7, 11) is 0.